The molecule has 1 aromatic heterocycles. The van der Waals surface area contributed by atoms with Gasteiger partial charge in [0.05, 0.1) is 23.3 Å². The number of ether oxygens (including phenoxy) is 1. The Bertz CT molecular complexity index is 1070. The largest absolute Gasteiger partial charge is 0.504 e. The van der Waals surface area contributed by atoms with Gasteiger partial charge in [-0.15, -0.1) is 11.3 Å². The van der Waals surface area contributed by atoms with Crippen molar-refractivity contribution in [3.63, 3.8) is 0 Å². The smallest absolute Gasteiger partial charge is 0.269 e. The van der Waals surface area contributed by atoms with Crippen LogP contribution in [0, 0.1) is 21.4 Å². The van der Waals surface area contributed by atoms with E-state index in [0.717, 1.165) is 5.56 Å². The topological polar surface area (TPSA) is 109 Å². The van der Waals surface area contributed by atoms with E-state index in [-0.39, 0.29) is 11.4 Å². The lowest BCUT2D eigenvalue weighted by Gasteiger charge is -2.04. The minimum Gasteiger partial charge on any atom is -0.504 e. The third-order valence-corrected chi connectivity index (χ3v) is 4.62. The highest BCUT2D eigenvalue weighted by molar-refractivity contribution is 7.11. The molecule has 1 N–H and O–H groups in total. The lowest BCUT2D eigenvalue weighted by Crippen LogP contribution is -1.88. The number of nitro benzene ring substituents is 1. The number of phenolic OH excluding ortho intramolecular Hbond substituents is 1. The van der Waals surface area contributed by atoms with Crippen molar-refractivity contribution < 1.29 is 14.8 Å². The van der Waals surface area contributed by atoms with Crippen LogP contribution in [0.1, 0.15) is 10.6 Å². The Morgan fingerprint density at radius 3 is 2.70 bits per heavy atom. The molecular formula is C19H13N3O4S. The van der Waals surface area contributed by atoms with Crippen molar-refractivity contribution in [1.29, 1.82) is 5.26 Å². The van der Waals surface area contributed by atoms with E-state index in [1.807, 2.05) is 0 Å². The van der Waals surface area contributed by atoms with Gasteiger partial charge in [-0.2, -0.15) is 5.26 Å². The molecule has 0 unspecified atom stereocenters. The van der Waals surface area contributed by atoms with E-state index in [4.69, 9.17) is 4.74 Å². The summed E-state index contributed by atoms with van der Waals surface area (Å²) < 4.78 is 5.07. The molecule has 0 amide bonds. The van der Waals surface area contributed by atoms with E-state index < -0.39 is 4.92 Å². The summed E-state index contributed by atoms with van der Waals surface area (Å²) in [6.07, 6.45) is 1.65. The molecule has 0 saturated heterocycles. The molecule has 0 saturated carbocycles. The van der Waals surface area contributed by atoms with Crippen molar-refractivity contribution in [2.45, 2.75) is 0 Å². The SMILES string of the molecule is COc1cc(/C=C(\C#N)c2nc(-c3ccc([N+](=O)[O-])cc3)cs2)ccc1O. The first kappa shape index (κ1) is 18.1. The zero-order valence-corrected chi connectivity index (χ0v) is 14.9. The van der Waals surface area contributed by atoms with Gasteiger partial charge < -0.3 is 9.84 Å². The number of hydrogen-bond acceptors (Lipinski definition) is 7. The Kier molecular flexibility index (Phi) is 5.15. The standard InChI is InChI=1S/C19H13N3O4S/c1-26-18-9-12(2-7-17(18)23)8-14(10-20)19-21-16(11-27-19)13-3-5-15(6-4-13)22(24)25/h2-9,11,23H,1H3/b14-8+. The summed E-state index contributed by atoms with van der Waals surface area (Å²) in [6.45, 7) is 0. The lowest BCUT2D eigenvalue weighted by atomic mass is 10.1. The molecule has 0 radical (unpaired) electrons. The van der Waals surface area contributed by atoms with E-state index in [0.29, 0.717) is 27.6 Å². The van der Waals surface area contributed by atoms with Crippen molar-refractivity contribution in [2.75, 3.05) is 7.11 Å². The first-order valence-electron chi connectivity index (χ1n) is 7.71. The second-order valence-corrected chi connectivity index (χ2v) is 6.30. The van der Waals surface area contributed by atoms with Crippen LogP contribution in [0.15, 0.2) is 47.8 Å². The number of allylic oxidation sites excluding steroid dienone is 1. The van der Waals surface area contributed by atoms with Crippen LogP contribution >= 0.6 is 11.3 Å². The quantitative estimate of drug-likeness (QED) is 0.397. The molecule has 0 aliphatic heterocycles. The number of non-ortho nitro benzene ring substituents is 1. The summed E-state index contributed by atoms with van der Waals surface area (Å²) in [5, 5.41) is 32.2. The molecule has 27 heavy (non-hydrogen) atoms. The molecule has 134 valence electrons. The number of thiazole rings is 1. The Labute approximate surface area is 158 Å². The molecule has 2 aromatic carbocycles. The molecule has 3 rings (SSSR count). The van der Waals surface area contributed by atoms with Gasteiger partial charge in [0, 0.05) is 23.1 Å². The first-order valence-corrected chi connectivity index (χ1v) is 8.59. The van der Waals surface area contributed by atoms with Crippen LogP contribution in [-0.2, 0) is 0 Å². The van der Waals surface area contributed by atoms with E-state index >= 15 is 0 Å². The number of aromatic nitrogens is 1. The maximum atomic E-state index is 10.7. The van der Waals surface area contributed by atoms with Crippen molar-refractivity contribution in [3.8, 4) is 28.8 Å². The second kappa shape index (κ2) is 7.68. The number of aromatic hydroxyl groups is 1. The number of hydrogen-bond donors (Lipinski definition) is 1. The Balaban J connectivity index is 1.91. The average Bonchev–Trinajstić information content (AvgIpc) is 3.17. The number of phenols is 1. The minimum atomic E-state index is -0.460. The van der Waals surface area contributed by atoms with Gasteiger partial charge in [0.25, 0.3) is 5.69 Å². The third kappa shape index (κ3) is 3.94. The van der Waals surface area contributed by atoms with Crippen LogP contribution in [0.5, 0.6) is 11.5 Å². The number of rotatable bonds is 5. The highest BCUT2D eigenvalue weighted by atomic mass is 32.1. The zero-order valence-electron chi connectivity index (χ0n) is 14.1. The summed E-state index contributed by atoms with van der Waals surface area (Å²) in [5.74, 6) is 0.328. The predicted molar refractivity (Wildman–Crippen MR) is 102 cm³/mol. The molecule has 0 spiro atoms. The molecule has 0 fully saturated rings. The molecule has 0 atom stereocenters. The fourth-order valence-corrected chi connectivity index (χ4v) is 3.17. The summed E-state index contributed by atoms with van der Waals surface area (Å²) in [6, 6.07) is 13.0. The summed E-state index contributed by atoms with van der Waals surface area (Å²) in [7, 11) is 1.45. The van der Waals surface area contributed by atoms with E-state index in [2.05, 4.69) is 11.1 Å². The minimum absolute atomic E-state index is 0.00749. The normalized spacial score (nSPS) is 11.0. The van der Waals surface area contributed by atoms with Crippen LogP contribution in [0.3, 0.4) is 0 Å². The highest BCUT2D eigenvalue weighted by Crippen LogP contribution is 2.31. The van der Waals surface area contributed by atoms with E-state index in [1.54, 1.807) is 35.7 Å². The van der Waals surface area contributed by atoms with Crippen molar-refractivity contribution in [1.82, 2.24) is 4.98 Å². The number of nitrogens with zero attached hydrogens (tertiary/aromatic N) is 3. The molecule has 8 heteroatoms. The Hall–Kier alpha value is -3.70. The van der Waals surface area contributed by atoms with Gasteiger partial charge in [-0.05, 0) is 35.9 Å². The molecule has 0 aliphatic rings. The fourth-order valence-electron chi connectivity index (χ4n) is 2.38. The molecule has 3 aromatic rings. The molecule has 1 heterocycles. The summed E-state index contributed by atoms with van der Waals surface area (Å²) in [4.78, 5) is 14.7. The monoisotopic (exact) mass is 379 g/mol. The average molecular weight is 379 g/mol. The third-order valence-electron chi connectivity index (χ3n) is 3.74. The maximum absolute atomic E-state index is 10.7. The van der Waals surface area contributed by atoms with Gasteiger partial charge in [0.2, 0.25) is 0 Å². The van der Waals surface area contributed by atoms with Crippen LogP contribution in [0.4, 0.5) is 5.69 Å². The van der Waals surface area contributed by atoms with Crippen molar-refractivity contribution in [2.24, 2.45) is 0 Å². The van der Waals surface area contributed by atoms with Gasteiger partial charge in [-0.1, -0.05) is 6.07 Å². The Morgan fingerprint density at radius 1 is 1.33 bits per heavy atom. The van der Waals surface area contributed by atoms with Crippen molar-refractivity contribution in [3.05, 3.63) is 68.5 Å². The first-order chi connectivity index (χ1) is 13.0. The van der Waals surface area contributed by atoms with Crippen molar-refractivity contribution >= 4 is 28.7 Å². The number of benzene rings is 2. The zero-order chi connectivity index (χ0) is 19.4. The van der Waals surface area contributed by atoms with Crippen LogP contribution in [0.2, 0.25) is 0 Å². The van der Waals surface area contributed by atoms with Crippen LogP contribution < -0.4 is 4.74 Å². The Morgan fingerprint density at radius 2 is 2.07 bits per heavy atom. The fraction of sp³-hybridized carbons (Fsp3) is 0.0526. The van der Waals surface area contributed by atoms with E-state index in [9.17, 15) is 20.5 Å². The van der Waals surface area contributed by atoms with Crippen LogP contribution in [-0.4, -0.2) is 22.1 Å². The number of methoxy groups -OCH3 is 1. The molecular weight excluding hydrogens is 366 g/mol. The molecule has 0 aliphatic carbocycles. The van der Waals surface area contributed by atoms with Gasteiger partial charge in [-0.25, -0.2) is 4.98 Å². The van der Waals surface area contributed by atoms with Crippen LogP contribution in [0.25, 0.3) is 22.9 Å². The highest BCUT2D eigenvalue weighted by Gasteiger charge is 2.11. The van der Waals surface area contributed by atoms with E-state index in [1.165, 1.54) is 36.6 Å². The van der Waals surface area contributed by atoms with Gasteiger partial charge >= 0.3 is 0 Å². The molecule has 7 nitrogen and oxygen atoms in total. The predicted octanol–water partition coefficient (Wildman–Crippen LogP) is 4.50. The maximum Gasteiger partial charge on any atom is 0.269 e. The molecule has 0 bridgehead atoms. The second-order valence-electron chi connectivity index (χ2n) is 5.44. The summed E-state index contributed by atoms with van der Waals surface area (Å²) in [5.41, 5.74) is 2.42. The number of nitriles is 1. The van der Waals surface area contributed by atoms with Gasteiger partial charge in [0.1, 0.15) is 11.1 Å². The summed E-state index contributed by atoms with van der Waals surface area (Å²) >= 11 is 1.30. The van der Waals surface area contributed by atoms with Gasteiger partial charge in [0.15, 0.2) is 11.5 Å². The van der Waals surface area contributed by atoms with Gasteiger partial charge in [-0.3, -0.25) is 10.1 Å². The lowest BCUT2D eigenvalue weighted by molar-refractivity contribution is -0.384. The number of nitro groups is 1.